The molecule has 594 valence electrons. The molecule has 0 aliphatic heterocycles. The number of phosphoric ester groups is 2. The number of hydrogen-bond donors (Lipinski definition) is 3. The summed E-state index contributed by atoms with van der Waals surface area (Å²) in [6, 6.07) is 0. The van der Waals surface area contributed by atoms with Crippen molar-refractivity contribution in [2.24, 2.45) is 17.8 Å². The number of ether oxygens (including phenoxy) is 4. The molecule has 19 heteroatoms. The van der Waals surface area contributed by atoms with E-state index in [1.165, 1.54) is 231 Å². The topological polar surface area (TPSA) is 237 Å². The number of carbonyl (C=O) groups excluding carboxylic acids is 4. The maximum absolute atomic E-state index is 13.1. The van der Waals surface area contributed by atoms with Gasteiger partial charge in [0.2, 0.25) is 0 Å². The summed E-state index contributed by atoms with van der Waals surface area (Å²) < 4.78 is 68.8. The minimum absolute atomic E-state index is 0.107. The average Bonchev–Trinajstić information content (AvgIpc) is 1.04. The van der Waals surface area contributed by atoms with Crippen LogP contribution in [0.25, 0.3) is 0 Å². The van der Waals surface area contributed by atoms with Crippen LogP contribution in [0.1, 0.15) is 421 Å². The first-order chi connectivity index (χ1) is 48.3. The van der Waals surface area contributed by atoms with E-state index in [9.17, 15) is 43.2 Å². The maximum Gasteiger partial charge on any atom is 0.472 e. The van der Waals surface area contributed by atoms with Crippen molar-refractivity contribution in [3.05, 3.63) is 0 Å². The number of aliphatic hydroxyl groups excluding tert-OH is 1. The molecule has 0 amide bonds. The minimum Gasteiger partial charge on any atom is -0.462 e. The van der Waals surface area contributed by atoms with Gasteiger partial charge < -0.3 is 33.8 Å². The fourth-order valence-corrected chi connectivity index (χ4v) is 14.0. The van der Waals surface area contributed by atoms with Crippen LogP contribution in [-0.2, 0) is 65.4 Å². The summed E-state index contributed by atoms with van der Waals surface area (Å²) in [5.41, 5.74) is 0. The predicted molar refractivity (Wildman–Crippen MR) is 409 cm³/mol. The van der Waals surface area contributed by atoms with Crippen molar-refractivity contribution < 1.29 is 80.2 Å². The molecule has 0 spiro atoms. The minimum atomic E-state index is -4.96. The van der Waals surface area contributed by atoms with E-state index in [-0.39, 0.29) is 25.7 Å². The smallest absolute Gasteiger partial charge is 0.462 e. The van der Waals surface area contributed by atoms with Crippen LogP contribution in [0.4, 0.5) is 0 Å². The van der Waals surface area contributed by atoms with E-state index in [0.29, 0.717) is 25.7 Å². The van der Waals surface area contributed by atoms with Crippen LogP contribution < -0.4 is 0 Å². The van der Waals surface area contributed by atoms with Crippen molar-refractivity contribution in [3.63, 3.8) is 0 Å². The van der Waals surface area contributed by atoms with Gasteiger partial charge in [-0.3, -0.25) is 37.3 Å². The molecule has 0 aromatic rings. The van der Waals surface area contributed by atoms with Gasteiger partial charge in [0.05, 0.1) is 26.4 Å². The summed E-state index contributed by atoms with van der Waals surface area (Å²) in [5.74, 6) is 0.331. The number of esters is 4. The molecule has 0 radical (unpaired) electrons. The molecule has 0 aromatic carbocycles. The Morgan fingerprint density at radius 3 is 0.760 bits per heavy atom. The molecule has 0 rings (SSSR count). The van der Waals surface area contributed by atoms with Gasteiger partial charge in [-0.15, -0.1) is 0 Å². The first-order valence-electron chi connectivity index (χ1n) is 41.9. The van der Waals surface area contributed by atoms with Crippen LogP contribution in [0.15, 0.2) is 0 Å². The number of phosphoric acid groups is 2. The van der Waals surface area contributed by atoms with Crippen molar-refractivity contribution in [1.82, 2.24) is 0 Å². The second-order valence-corrected chi connectivity index (χ2v) is 33.0. The number of carbonyl (C=O) groups is 4. The van der Waals surface area contributed by atoms with Crippen LogP contribution in [0.2, 0.25) is 0 Å². The quantitative estimate of drug-likeness (QED) is 0.0222. The Bertz CT molecular complexity index is 1940. The van der Waals surface area contributed by atoms with Crippen LogP contribution >= 0.6 is 15.6 Å². The lowest BCUT2D eigenvalue weighted by atomic mass is 9.99. The third kappa shape index (κ3) is 71.7. The molecular weight excluding hydrogens is 1310 g/mol. The second-order valence-electron chi connectivity index (χ2n) is 30.1. The van der Waals surface area contributed by atoms with Crippen molar-refractivity contribution in [2.75, 3.05) is 39.6 Å². The van der Waals surface area contributed by atoms with Crippen molar-refractivity contribution in [1.29, 1.82) is 0 Å². The monoisotopic (exact) mass is 1470 g/mol. The number of rotatable bonds is 79. The first kappa shape index (κ1) is 98.1. The molecule has 0 saturated carbocycles. The Balaban J connectivity index is 5.27. The van der Waals surface area contributed by atoms with E-state index in [4.69, 9.17) is 37.0 Å². The van der Waals surface area contributed by atoms with Gasteiger partial charge in [0, 0.05) is 25.7 Å². The Morgan fingerprint density at radius 2 is 0.510 bits per heavy atom. The summed E-state index contributed by atoms with van der Waals surface area (Å²) in [5, 5.41) is 10.6. The average molecular weight is 1470 g/mol. The zero-order valence-corrected chi connectivity index (χ0v) is 67.5. The third-order valence-electron chi connectivity index (χ3n) is 19.6. The molecule has 100 heavy (non-hydrogen) atoms. The fraction of sp³-hybridized carbons (Fsp3) is 0.951. The first-order valence-corrected chi connectivity index (χ1v) is 44.9. The standard InChI is InChI=1S/C81H158O17P2/c1-8-11-12-13-14-15-16-26-34-41-48-55-62-78(83)91-69-77(98-81(86)65-58-51-44-37-30-29-33-40-47-54-61-74(7)10-3)71-96-100(89,90)94-67-75(82)66-93-99(87,88)95-70-76(68-92-79(84)63-56-49-42-35-27-23-19-20-24-31-38-45-52-59-72(4)5)97-80(85)64-57-50-43-36-28-22-18-17-21-25-32-39-46-53-60-73(6)9-2/h72-77,82H,8-71H2,1-7H3,(H,87,88)(H,89,90)/t73?,74?,75-,76-,77-/m1/s1. The Kier molecular flexibility index (Phi) is 69.9. The molecule has 4 unspecified atom stereocenters. The summed E-state index contributed by atoms with van der Waals surface area (Å²) in [4.78, 5) is 73.1. The molecule has 0 aromatic heterocycles. The van der Waals surface area contributed by atoms with Crippen molar-refractivity contribution in [3.8, 4) is 0 Å². The highest BCUT2D eigenvalue weighted by atomic mass is 31.2. The van der Waals surface area contributed by atoms with Crippen LogP contribution in [-0.4, -0.2) is 96.7 Å². The van der Waals surface area contributed by atoms with Gasteiger partial charge in [0.25, 0.3) is 0 Å². The Hall–Kier alpha value is -1.94. The lowest BCUT2D eigenvalue weighted by Gasteiger charge is -2.21. The summed E-state index contributed by atoms with van der Waals surface area (Å²) in [6.07, 6.45) is 59.3. The molecule has 0 aliphatic rings. The highest BCUT2D eigenvalue weighted by Gasteiger charge is 2.30. The molecule has 0 saturated heterocycles. The predicted octanol–water partition coefficient (Wildman–Crippen LogP) is 24.1. The van der Waals surface area contributed by atoms with Gasteiger partial charge >= 0.3 is 39.5 Å². The number of hydrogen-bond acceptors (Lipinski definition) is 15. The summed E-state index contributed by atoms with van der Waals surface area (Å²) >= 11 is 0. The van der Waals surface area contributed by atoms with Gasteiger partial charge in [-0.1, -0.05) is 370 Å². The van der Waals surface area contributed by atoms with E-state index in [1.54, 1.807) is 0 Å². The molecule has 0 fully saturated rings. The van der Waals surface area contributed by atoms with E-state index >= 15 is 0 Å². The third-order valence-corrected chi connectivity index (χ3v) is 21.5. The van der Waals surface area contributed by atoms with Gasteiger partial charge in [-0.2, -0.15) is 0 Å². The second kappa shape index (κ2) is 71.3. The summed E-state index contributed by atoms with van der Waals surface area (Å²) in [6.45, 7) is 12.0. The molecule has 7 atom stereocenters. The number of unbranched alkanes of at least 4 members (excludes halogenated alkanes) is 45. The van der Waals surface area contributed by atoms with Crippen LogP contribution in [0.5, 0.6) is 0 Å². The van der Waals surface area contributed by atoms with Gasteiger partial charge in [-0.25, -0.2) is 9.13 Å². The fourth-order valence-electron chi connectivity index (χ4n) is 12.4. The zero-order chi connectivity index (χ0) is 73.7. The highest BCUT2D eigenvalue weighted by Crippen LogP contribution is 2.45. The van der Waals surface area contributed by atoms with Crippen molar-refractivity contribution in [2.45, 2.75) is 439 Å². The van der Waals surface area contributed by atoms with E-state index in [2.05, 4.69) is 48.5 Å². The van der Waals surface area contributed by atoms with Gasteiger partial charge in [-0.05, 0) is 43.4 Å². The SMILES string of the molecule is CCCCCCCCCCCCCCC(=O)OC[C@H](COP(=O)(O)OC[C@H](O)COP(=O)(O)OC[C@@H](COC(=O)CCCCCCCCCCCCCCCC(C)C)OC(=O)CCCCCCCCCCCCCCCCC(C)CC)OC(=O)CCCCCCCCCCCCC(C)CC. The zero-order valence-electron chi connectivity index (χ0n) is 65.7. The highest BCUT2D eigenvalue weighted by molar-refractivity contribution is 7.47. The number of aliphatic hydroxyl groups is 1. The molecule has 3 N–H and O–H groups in total. The van der Waals surface area contributed by atoms with Gasteiger partial charge in [0.1, 0.15) is 19.3 Å². The normalized spacial score (nSPS) is 14.5. The van der Waals surface area contributed by atoms with Gasteiger partial charge in [0.15, 0.2) is 12.2 Å². The maximum atomic E-state index is 13.1. The van der Waals surface area contributed by atoms with E-state index < -0.39 is 97.5 Å². The van der Waals surface area contributed by atoms with E-state index in [0.717, 1.165) is 108 Å². The molecule has 0 bridgehead atoms. The van der Waals surface area contributed by atoms with Crippen molar-refractivity contribution >= 4 is 39.5 Å². The lowest BCUT2D eigenvalue weighted by Crippen LogP contribution is -2.30. The van der Waals surface area contributed by atoms with Crippen LogP contribution in [0.3, 0.4) is 0 Å². The molecule has 17 nitrogen and oxygen atoms in total. The molecular formula is C81H158O17P2. The Labute approximate surface area is 613 Å². The lowest BCUT2D eigenvalue weighted by molar-refractivity contribution is -0.161. The molecule has 0 heterocycles. The summed E-state index contributed by atoms with van der Waals surface area (Å²) in [7, 11) is -9.92. The Morgan fingerprint density at radius 1 is 0.290 bits per heavy atom. The van der Waals surface area contributed by atoms with E-state index in [1.807, 2.05) is 0 Å². The molecule has 0 aliphatic carbocycles. The largest absolute Gasteiger partial charge is 0.472 e. The van der Waals surface area contributed by atoms with Crippen LogP contribution in [0, 0.1) is 17.8 Å².